The minimum atomic E-state index is -0.790. The first-order valence-electron chi connectivity index (χ1n) is 6.04. The van der Waals surface area contributed by atoms with E-state index in [2.05, 4.69) is 0 Å². The summed E-state index contributed by atoms with van der Waals surface area (Å²) < 4.78 is 15.9. The second-order valence-electron chi connectivity index (χ2n) is 3.99. The van der Waals surface area contributed by atoms with Crippen LogP contribution in [0.3, 0.4) is 0 Å². The first kappa shape index (κ1) is 12.7. The molecule has 0 saturated heterocycles. The number of nitrogens with two attached hydrogens (primary N) is 1. The third kappa shape index (κ3) is 2.73. The molecule has 1 aromatic rings. The molecule has 0 saturated carbocycles. The molecule has 0 bridgehead atoms. The molecular formula is C13H17NO4. The van der Waals surface area contributed by atoms with E-state index >= 15 is 0 Å². The van der Waals surface area contributed by atoms with Gasteiger partial charge in [0.2, 0.25) is 0 Å². The van der Waals surface area contributed by atoms with Crippen LogP contribution in [0.15, 0.2) is 18.2 Å². The number of esters is 1. The highest BCUT2D eigenvalue weighted by atomic mass is 16.5. The van der Waals surface area contributed by atoms with Crippen molar-refractivity contribution in [2.45, 2.75) is 19.4 Å². The van der Waals surface area contributed by atoms with Crippen molar-refractivity contribution in [1.29, 1.82) is 0 Å². The van der Waals surface area contributed by atoms with Gasteiger partial charge in [0.1, 0.15) is 6.04 Å². The van der Waals surface area contributed by atoms with Crippen molar-refractivity contribution >= 4 is 5.97 Å². The molecule has 1 unspecified atom stereocenters. The van der Waals surface area contributed by atoms with Crippen molar-refractivity contribution < 1.29 is 19.0 Å². The van der Waals surface area contributed by atoms with Gasteiger partial charge in [-0.3, -0.25) is 0 Å². The predicted octanol–water partition coefficient (Wildman–Crippen LogP) is 1.41. The Bertz CT molecular complexity index is 433. The van der Waals surface area contributed by atoms with E-state index in [1.807, 2.05) is 0 Å². The Kier molecular flexibility index (Phi) is 4.04. The molecule has 18 heavy (non-hydrogen) atoms. The molecule has 1 aliphatic rings. The lowest BCUT2D eigenvalue weighted by molar-refractivity contribution is -0.144. The fourth-order valence-electron chi connectivity index (χ4n) is 1.74. The Balaban J connectivity index is 2.19. The minimum Gasteiger partial charge on any atom is -0.490 e. The Hall–Kier alpha value is -1.75. The molecule has 1 aliphatic heterocycles. The highest BCUT2D eigenvalue weighted by Gasteiger charge is 2.19. The summed E-state index contributed by atoms with van der Waals surface area (Å²) in [5.41, 5.74) is 6.49. The summed E-state index contributed by atoms with van der Waals surface area (Å²) in [6.45, 7) is 3.30. The average molecular weight is 251 g/mol. The van der Waals surface area contributed by atoms with Crippen LogP contribution in [0.5, 0.6) is 11.5 Å². The molecule has 5 heteroatoms. The summed E-state index contributed by atoms with van der Waals surface area (Å²) in [7, 11) is 0. The van der Waals surface area contributed by atoms with Crippen LogP contribution < -0.4 is 15.2 Å². The maximum absolute atomic E-state index is 11.6. The number of carbonyl (C=O) groups excluding carboxylic acids is 1. The molecule has 0 aliphatic carbocycles. The van der Waals surface area contributed by atoms with E-state index in [9.17, 15) is 4.79 Å². The monoisotopic (exact) mass is 251 g/mol. The van der Waals surface area contributed by atoms with Gasteiger partial charge in [-0.2, -0.15) is 0 Å². The zero-order chi connectivity index (χ0) is 13.0. The lowest BCUT2D eigenvalue weighted by Gasteiger charge is -2.13. The SMILES string of the molecule is CCOC(=O)C(N)c1ccc2c(c1)OCCCO2. The van der Waals surface area contributed by atoms with Gasteiger partial charge in [0, 0.05) is 6.42 Å². The van der Waals surface area contributed by atoms with Crippen LogP contribution in [0.1, 0.15) is 24.9 Å². The summed E-state index contributed by atoms with van der Waals surface area (Å²) in [5.74, 6) is 0.879. The van der Waals surface area contributed by atoms with Crippen LogP contribution in [0.2, 0.25) is 0 Å². The maximum Gasteiger partial charge on any atom is 0.327 e. The minimum absolute atomic E-state index is 0.317. The van der Waals surface area contributed by atoms with Gasteiger partial charge in [-0.05, 0) is 24.6 Å². The number of hydrogen-bond donors (Lipinski definition) is 1. The lowest BCUT2D eigenvalue weighted by Crippen LogP contribution is -2.23. The van der Waals surface area contributed by atoms with E-state index in [1.165, 1.54) is 0 Å². The van der Waals surface area contributed by atoms with E-state index in [4.69, 9.17) is 19.9 Å². The second kappa shape index (κ2) is 5.73. The maximum atomic E-state index is 11.6. The third-order valence-corrected chi connectivity index (χ3v) is 2.67. The molecule has 1 atom stereocenters. The number of ether oxygens (including phenoxy) is 3. The molecule has 0 radical (unpaired) electrons. The topological polar surface area (TPSA) is 70.8 Å². The molecule has 1 aromatic carbocycles. The van der Waals surface area contributed by atoms with Crippen LogP contribution >= 0.6 is 0 Å². The highest BCUT2D eigenvalue weighted by Crippen LogP contribution is 2.32. The molecule has 0 spiro atoms. The smallest absolute Gasteiger partial charge is 0.327 e. The van der Waals surface area contributed by atoms with Crippen molar-refractivity contribution in [1.82, 2.24) is 0 Å². The molecule has 0 fully saturated rings. The van der Waals surface area contributed by atoms with E-state index in [-0.39, 0.29) is 0 Å². The van der Waals surface area contributed by atoms with Gasteiger partial charge in [-0.15, -0.1) is 0 Å². The number of carbonyl (C=O) groups is 1. The van der Waals surface area contributed by atoms with Gasteiger partial charge in [0.15, 0.2) is 11.5 Å². The zero-order valence-corrected chi connectivity index (χ0v) is 10.3. The average Bonchev–Trinajstić information content (AvgIpc) is 2.62. The van der Waals surface area contributed by atoms with Crippen LogP contribution in [0, 0.1) is 0 Å². The Morgan fingerprint density at radius 3 is 2.83 bits per heavy atom. The van der Waals surface area contributed by atoms with Crippen molar-refractivity contribution in [3.63, 3.8) is 0 Å². The summed E-state index contributed by atoms with van der Waals surface area (Å²) in [6, 6.07) is 4.48. The summed E-state index contributed by atoms with van der Waals surface area (Å²) >= 11 is 0. The van der Waals surface area contributed by atoms with Gasteiger partial charge < -0.3 is 19.9 Å². The normalized spacial score (nSPS) is 15.7. The molecule has 98 valence electrons. The van der Waals surface area contributed by atoms with Gasteiger partial charge in [0.25, 0.3) is 0 Å². The van der Waals surface area contributed by atoms with Gasteiger partial charge >= 0.3 is 5.97 Å². The number of rotatable bonds is 3. The predicted molar refractivity (Wildman–Crippen MR) is 65.6 cm³/mol. The molecule has 2 N–H and O–H groups in total. The molecular weight excluding hydrogens is 234 g/mol. The van der Waals surface area contributed by atoms with E-state index in [1.54, 1.807) is 25.1 Å². The molecule has 5 nitrogen and oxygen atoms in total. The fraction of sp³-hybridized carbons (Fsp3) is 0.462. The Morgan fingerprint density at radius 1 is 1.39 bits per heavy atom. The van der Waals surface area contributed by atoms with Crippen molar-refractivity contribution in [2.75, 3.05) is 19.8 Å². The highest BCUT2D eigenvalue weighted by molar-refractivity contribution is 5.77. The third-order valence-electron chi connectivity index (χ3n) is 2.67. The quantitative estimate of drug-likeness (QED) is 0.822. The zero-order valence-electron chi connectivity index (χ0n) is 10.3. The van der Waals surface area contributed by atoms with Crippen molar-refractivity contribution in [3.8, 4) is 11.5 Å². The van der Waals surface area contributed by atoms with E-state index in [0.717, 1.165) is 6.42 Å². The largest absolute Gasteiger partial charge is 0.490 e. The molecule has 0 aromatic heterocycles. The standard InChI is InChI=1S/C13H17NO4/c1-2-16-13(15)12(14)9-4-5-10-11(8-9)18-7-3-6-17-10/h4-5,8,12H,2-3,6-7,14H2,1H3. The summed E-state index contributed by atoms with van der Waals surface area (Å²) in [6.07, 6.45) is 0.841. The van der Waals surface area contributed by atoms with Gasteiger partial charge in [-0.25, -0.2) is 4.79 Å². The van der Waals surface area contributed by atoms with Crippen LogP contribution in [0.4, 0.5) is 0 Å². The first-order chi connectivity index (χ1) is 8.72. The van der Waals surface area contributed by atoms with E-state index in [0.29, 0.717) is 36.9 Å². The van der Waals surface area contributed by atoms with Gasteiger partial charge in [-0.1, -0.05) is 6.07 Å². The van der Waals surface area contributed by atoms with Crippen molar-refractivity contribution in [3.05, 3.63) is 23.8 Å². The molecule has 0 amide bonds. The fourth-order valence-corrected chi connectivity index (χ4v) is 1.74. The molecule has 1 heterocycles. The van der Waals surface area contributed by atoms with Crippen LogP contribution in [0.25, 0.3) is 0 Å². The van der Waals surface area contributed by atoms with Gasteiger partial charge in [0.05, 0.1) is 19.8 Å². The summed E-state index contributed by atoms with van der Waals surface area (Å²) in [5, 5.41) is 0. The number of hydrogen-bond acceptors (Lipinski definition) is 5. The number of fused-ring (bicyclic) bond motifs is 1. The Labute approximate surface area is 106 Å². The molecule has 2 rings (SSSR count). The lowest BCUT2D eigenvalue weighted by atomic mass is 10.1. The van der Waals surface area contributed by atoms with Crippen LogP contribution in [-0.4, -0.2) is 25.8 Å². The number of benzene rings is 1. The second-order valence-corrected chi connectivity index (χ2v) is 3.99. The Morgan fingerprint density at radius 2 is 2.11 bits per heavy atom. The van der Waals surface area contributed by atoms with Crippen molar-refractivity contribution in [2.24, 2.45) is 5.73 Å². The van der Waals surface area contributed by atoms with Crippen LogP contribution in [-0.2, 0) is 9.53 Å². The van der Waals surface area contributed by atoms with E-state index < -0.39 is 12.0 Å². The first-order valence-corrected chi connectivity index (χ1v) is 6.04. The summed E-state index contributed by atoms with van der Waals surface area (Å²) in [4.78, 5) is 11.6.